The number of hydrogen-bond acceptors (Lipinski definition) is 4. The van der Waals surface area contributed by atoms with E-state index in [9.17, 15) is 19.3 Å². The molecule has 2 aromatic carbocycles. The number of nitrogens with zero attached hydrogens (tertiary/aromatic N) is 1. The van der Waals surface area contributed by atoms with Crippen molar-refractivity contribution in [1.29, 1.82) is 0 Å². The molecule has 0 saturated heterocycles. The van der Waals surface area contributed by atoms with Gasteiger partial charge in [-0.1, -0.05) is 12.1 Å². The van der Waals surface area contributed by atoms with Crippen LogP contribution in [0.3, 0.4) is 0 Å². The van der Waals surface area contributed by atoms with E-state index in [-0.39, 0.29) is 17.3 Å². The van der Waals surface area contributed by atoms with E-state index in [1.54, 1.807) is 30.3 Å². The molecule has 0 amide bonds. The molecule has 1 heterocycles. The number of benzene rings is 2. The molecule has 4 nitrogen and oxygen atoms in total. The molecule has 3 rings (SSSR count). The summed E-state index contributed by atoms with van der Waals surface area (Å²) in [7, 11) is 0. The molecule has 3 aromatic rings. The molecule has 24 heavy (non-hydrogen) atoms. The minimum Gasteiger partial charge on any atom is -0.294 e. The van der Waals surface area contributed by atoms with Crippen LogP contribution in [-0.4, -0.2) is 10.7 Å². The Hall–Kier alpha value is -2.86. The summed E-state index contributed by atoms with van der Waals surface area (Å²) in [5.41, 5.74) is 2.36. The third-order valence-electron chi connectivity index (χ3n) is 3.57. The third kappa shape index (κ3) is 3.09. The van der Waals surface area contributed by atoms with E-state index in [4.69, 9.17) is 0 Å². The van der Waals surface area contributed by atoms with Gasteiger partial charge in [0.2, 0.25) is 0 Å². The fourth-order valence-electron chi connectivity index (χ4n) is 2.36. The molecule has 0 N–H and O–H groups in total. The molecular weight excluding hydrogens is 329 g/mol. The van der Waals surface area contributed by atoms with E-state index in [0.717, 1.165) is 21.6 Å². The lowest BCUT2D eigenvalue weighted by molar-refractivity contribution is -0.384. The number of hydrogen-bond donors (Lipinski definition) is 0. The molecule has 0 radical (unpaired) electrons. The zero-order valence-corrected chi connectivity index (χ0v) is 13.5. The van der Waals surface area contributed by atoms with Crippen LogP contribution in [0, 0.1) is 15.9 Å². The van der Waals surface area contributed by atoms with Crippen LogP contribution in [-0.2, 0) is 0 Å². The summed E-state index contributed by atoms with van der Waals surface area (Å²) in [6.45, 7) is 1.49. The third-order valence-corrected chi connectivity index (χ3v) is 4.86. The van der Waals surface area contributed by atoms with Crippen molar-refractivity contribution >= 4 is 22.8 Å². The van der Waals surface area contributed by atoms with Gasteiger partial charge in [-0.15, -0.1) is 11.3 Å². The predicted molar refractivity (Wildman–Crippen MR) is 91.8 cm³/mol. The van der Waals surface area contributed by atoms with Gasteiger partial charge < -0.3 is 0 Å². The molecule has 0 spiro atoms. The molecule has 0 unspecified atom stereocenters. The first-order chi connectivity index (χ1) is 11.5. The summed E-state index contributed by atoms with van der Waals surface area (Å²) < 4.78 is 13.2. The van der Waals surface area contributed by atoms with Gasteiger partial charge in [-0.3, -0.25) is 14.9 Å². The molecule has 0 atom stereocenters. The normalized spacial score (nSPS) is 10.6. The molecule has 1 aromatic heterocycles. The summed E-state index contributed by atoms with van der Waals surface area (Å²) in [6, 6.07) is 14.0. The highest BCUT2D eigenvalue weighted by Crippen LogP contribution is 2.40. The quantitative estimate of drug-likeness (QED) is 0.366. The maximum atomic E-state index is 13.2. The van der Waals surface area contributed by atoms with Crippen LogP contribution >= 0.6 is 11.3 Å². The number of rotatable bonds is 4. The molecular formula is C18H12FNO3S. The number of halogens is 1. The van der Waals surface area contributed by atoms with Crippen LogP contribution < -0.4 is 0 Å². The number of carbonyl (C=O) groups excluding carboxylic acids is 1. The highest BCUT2D eigenvalue weighted by molar-refractivity contribution is 7.18. The highest BCUT2D eigenvalue weighted by atomic mass is 32.1. The van der Waals surface area contributed by atoms with Crippen LogP contribution in [0.5, 0.6) is 0 Å². The Kier molecular flexibility index (Phi) is 4.22. The van der Waals surface area contributed by atoms with Gasteiger partial charge in [0.25, 0.3) is 5.69 Å². The molecule has 6 heteroatoms. The van der Waals surface area contributed by atoms with Gasteiger partial charge in [-0.05, 0) is 48.4 Å². The van der Waals surface area contributed by atoms with Crippen LogP contribution in [0.25, 0.3) is 21.6 Å². The van der Waals surface area contributed by atoms with Gasteiger partial charge in [0, 0.05) is 22.6 Å². The monoisotopic (exact) mass is 341 g/mol. The Morgan fingerprint density at radius 3 is 2.17 bits per heavy atom. The van der Waals surface area contributed by atoms with E-state index in [0.29, 0.717) is 4.88 Å². The molecule has 0 aliphatic heterocycles. The zero-order valence-electron chi connectivity index (χ0n) is 12.7. The van der Waals surface area contributed by atoms with Crippen molar-refractivity contribution in [3.05, 3.63) is 75.4 Å². The lowest BCUT2D eigenvalue weighted by atomic mass is 10.0. The summed E-state index contributed by atoms with van der Waals surface area (Å²) in [5, 5.41) is 10.8. The van der Waals surface area contributed by atoms with Crippen molar-refractivity contribution in [2.24, 2.45) is 0 Å². The number of nitro groups is 1. The second-order valence-corrected chi connectivity index (χ2v) is 6.27. The van der Waals surface area contributed by atoms with E-state index in [1.807, 2.05) is 0 Å². The standard InChI is InChI=1S/C18H12FNO3S/c1-11(21)17-10-16(12-4-8-15(9-5-12)20(22)23)18(24-17)13-2-6-14(19)7-3-13/h2-10H,1H3. The van der Waals surface area contributed by atoms with Gasteiger partial charge >= 0.3 is 0 Å². The fourth-order valence-corrected chi connectivity index (χ4v) is 3.44. The lowest BCUT2D eigenvalue weighted by Crippen LogP contribution is -1.87. The number of non-ortho nitro benzene ring substituents is 1. The van der Waals surface area contributed by atoms with Gasteiger partial charge in [0.15, 0.2) is 5.78 Å². The van der Waals surface area contributed by atoms with E-state index >= 15 is 0 Å². The largest absolute Gasteiger partial charge is 0.294 e. The van der Waals surface area contributed by atoms with Crippen molar-refractivity contribution in [3.8, 4) is 21.6 Å². The first-order valence-electron chi connectivity index (χ1n) is 7.11. The first kappa shape index (κ1) is 16.0. The Labute approximate surface area is 141 Å². The van der Waals surface area contributed by atoms with Crippen molar-refractivity contribution in [1.82, 2.24) is 0 Å². The Morgan fingerprint density at radius 1 is 1.04 bits per heavy atom. The van der Waals surface area contributed by atoms with Crippen LogP contribution in [0.4, 0.5) is 10.1 Å². The average molecular weight is 341 g/mol. The minimum absolute atomic E-state index is 0.00380. The zero-order chi connectivity index (χ0) is 17.3. The summed E-state index contributed by atoms with van der Waals surface area (Å²) in [5.74, 6) is -0.393. The van der Waals surface area contributed by atoms with Crippen LogP contribution in [0.1, 0.15) is 16.6 Å². The summed E-state index contributed by atoms with van der Waals surface area (Å²) >= 11 is 1.33. The van der Waals surface area contributed by atoms with E-state index in [2.05, 4.69) is 0 Å². The van der Waals surface area contributed by atoms with Crippen molar-refractivity contribution in [2.45, 2.75) is 6.92 Å². The van der Waals surface area contributed by atoms with Crippen molar-refractivity contribution in [3.63, 3.8) is 0 Å². The maximum Gasteiger partial charge on any atom is 0.269 e. The fraction of sp³-hybridized carbons (Fsp3) is 0.0556. The topological polar surface area (TPSA) is 60.2 Å². The number of nitro benzene ring substituents is 1. The molecule has 0 saturated carbocycles. The Bertz CT molecular complexity index is 914. The molecule has 0 fully saturated rings. The minimum atomic E-state index is -0.459. The Balaban J connectivity index is 2.13. The van der Waals surface area contributed by atoms with Gasteiger partial charge in [0.05, 0.1) is 9.80 Å². The number of Topliss-reactive ketones (excluding diaryl/α,β-unsaturated/α-hetero) is 1. The number of ketones is 1. The van der Waals surface area contributed by atoms with Gasteiger partial charge in [0.1, 0.15) is 5.82 Å². The second kappa shape index (κ2) is 6.33. The molecule has 0 aliphatic rings. The van der Waals surface area contributed by atoms with Crippen molar-refractivity contribution < 1.29 is 14.1 Å². The Morgan fingerprint density at radius 2 is 1.62 bits per heavy atom. The number of carbonyl (C=O) groups is 1. The summed E-state index contributed by atoms with van der Waals surface area (Å²) in [6.07, 6.45) is 0. The van der Waals surface area contributed by atoms with E-state index in [1.165, 1.54) is 42.5 Å². The molecule has 0 aliphatic carbocycles. The van der Waals surface area contributed by atoms with Crippen LogP contribution in [0.15, 0.2) is 54.6 Å². The maximum absolute atomic E-state index is 13.2. The van der Waals surface area contributed by atoms with Gasteiger partial charge in [-0.2, -0.15) is 0 Å². The lowest BCUT2D eigenvalue weighted by Gasteiger charge is -2.04. The van der Waals surface area contributed by atoms with Crippen molar-refractivity contribution in [2.75, 3.05) is 0 Å². The highest BCUT2D eigenvalue weighted by Gasteiger charge is 2.16. The predicted octanol–water partition coefficient (Wildman–Crippen LogP) is 5.33. The first-order valence-corrected chi connectivity index (χ1v) is 7.93. The second-order valence-electron chi connectivity index (χ2n) is 5.22. The smallest absolute Gasteiger partial charge is 0.269 e. The molecule has 0 bridgehead atoms. The average Bonchev–Trinajstić information content (AvgIpc) is 3.01. The SMILES string of the molecule is CC(=O)c1cc(-c2ccc([N+](=O)[O-])cc2)c(-c2ccc(F)cc2)s1. The van der Waals surface area contributed by atoms with Gasteiger partial charge in [-0.25, -0.2) is 4.39 Å². The molecule has 120 valence electrons. The van der Waals surface area contributed by atoms with Crippen LogP contribution in [0.2, 0.25) is 0 Å². The summed E-state index contributed by atoms with van der Waals surface area (Å²) in [4.78, 5) is 23.5. The number of thiophene rings is 1. The van der Waals surface area contributed by atoms with E-state index < -0.39 is 4.92 Å².